The molecule has 4 heterocycles. The number of fused-ring (bicyclic) bond motifs is 2. The molecule has 4 aliphatic heterocycles. The molecule has 8 heteroatoms. The van der Waals surface area contributed by atoms with Crippen molar-refractivity contribution in [2.75, 3.05) is 53.4 Å². The van der Waals surface area contributed by atoms with E-state index in [1.54, 1.807) is 0 Å². The summed E-state index contributed by atoms with van der Waals surface area (Å²) in [7, 11) is 4.31. The number of likely N-dealkylation sites (tertiary alicyclic amines) is 3. The molecule has 4 rings (SSSR count). The molecule has 0 saturated carbocycles. The summed E-state index contributed by atoms with van der Waals surface area (Å²) >= 11 is 0. The minimum absolute atomic E-state index is 0. The Labute approximate surface area is 164 Å². The maximum absolute atomic E-state index is 11.8. The van der Waals surface area contributed by atoms with Crippen molar-refractivity contribution in [1.29, 1.82) is 0 Å². The summed E-state index contributed by atoms with van der Waals surface area (Å²) in [4.78, 5) is 18.3. The van der Waals surface area contributed by atoms with Gasteiger partial charge >= 0.3 is 6.09 Å². The van der Waals surface area contributed by atoms with Crippen molar-refractivity contribution in [1.82, 2.24) is 20.0 Å². The largest absolute Gasteiger partial charge is 0.444 e. The number of carbonyl (C=O) groups excluding carboxylic acids is 1. The number of hydrogen-bond acceptors (Lipinski definition) is 5. The molecule has 4 fully saturated rings. The smallest absolute Gasteiger partial charge is 0.410 e. The van der Waals surface area contributed by atoms with Crippen molar-refractivity contribution >= 4 is 30.9 Å². The normalized spacial score (nSPS) is 33.4. The van der Waals surface area contributed by atoms with E-state index in [9.17, 15) is 4.79 Å². The second-order valence-electron chi connectivity index (χ2n) is 8.58. The average Bonchev–Trinajstić information content (AvgIpc) is 2.97. The highest BCUT2D eigenvalue weighted by Crippen LogP contribution is 2.31. The highest BCUT2D eigenvalue weighted by Gasteiger charge is 2.45. The van der Waals surface area contributed by atoms with Gasteiger partial charge in [-0.25, -0.2) is 4.79 Å². The molecule has 0 spiro atoms. The molecule has 4 unspecified atom stereocenters. The molecular formula is C17H34Cl2N4O2. The lowest BCUT2D eigenvalue weighted by Crippen LogP contribution is -2.52. The van der Waals surface area contributed by atoms with Gasteiger partial charge in [0, 0.05) is 63.2 Å². The van der Waals surface area contributed by atoms with Crippen LogP contribution < -0.4 is 5.32 Å². The third-order valence-electron chi connectivity index (χ3n) is 5.54. The second kappa shape index (κ2) is 8.61. The zero-order valence-corrected chi connectivity index (χ0v) is 17.7. The molecule has 4 atom stereocenters. The fourth-order valence-electron chi connectivity index (χ4n) is 4.16. The first-order valence-electron chi connectivity index (χ1n) is 8.83. The molecule has 6 nitrogen and oxygen atoms in total. The molecule has 0 aromatic carbocycles. The molecule has 25 heavy (non-hydrogen) atoms. The zero-order valence-electron chi connectivity index (χ0n) is 16.0. The lowest BCUT2D eigenvalue weighted by atomic mass is 9.93. The highest BCUT2D eigenvalue weighted by molar-refractivity contribution is 5.85. The molecule has 0 radical (unpaired) electrons. The number of halogens is 2. The van der Waals surface area contributed by atoms with Crippen LogP contribution >= 0.6 is 24.8 Å². The van der Waals surface area contributed by atoms with Gasteiger partial charge in [-0.2, -0.15) is 0 Å². The number of nitrogens with one attached hydrogen (secondary N) is 1. The van der Waals surface area contributed by atoms with Gasteiger partial charge in [0.25, 0.3) is 0 Å². The van der Waals surface area contributed by atoms with Crippen LogP contribution in [0.4, 0.5) is 4.79 Å². The summed E-state index contributed by atoms with van der Waals surface area (Å²) in [5, 5.41) is 3.37. The number of likely N-dealkylation sites (N-methyl/N-ethyl adjacent to an activating group) is 2. The molecule has 1 amide bonds. The van der Waals surface area contributed by atoms with E-state index in [0.717, 1.165) is 31.6 Å². The Morgan fingerprint density at radius 3 is 1.96 bits per heavy atom. The third kappa shape index (κ3) is 5.13. The number of ether oxygens (including phenoxy) is 1. The minimum Gasteiger partial charge on any atom is -0.444 e. The highest BCUT2D eigenvalue weighted by atomic mass is 35.5. The Balaban J connectivity index is 0.000000266. The van der Waals surface area contributed by atoms with Crippen molar-refractivity contribution in [2.24, 2.45) is 11.8 Å². The standard InChI is InChI=1S/C11H20N2O2.C6H12N2.2ClH/c1-11(2,3)15-10(14)13-6-8-5-12(4)9(8)7-13;1-8-4-5-2-7-3-6(5)8;;/h8-9H,5-7H2,1-4H3;5-7H,2-4H2,1H3;2*1H. The second-order valence-corrected chi connectivity index (χ2v) is 8.58. The predicted octanol–water partition coefficient (Wildman–Crippen LogP) is 1.53. The average molecular weight is 397 g/mol. The summed E-state index contributed by atoms with van der Waals surface area (Å²) in [6, 6.07) is 1.45. The summed E-state index contributed by atoms with van der Waals surface area (Å²) in [6.45, 7) is 12.3. The van der Waals surface area contributed by atoms with Gasteiger partial charge in [-0.3, -0.25) is 0 Å². The quantitative estimate of drug-likeness (QED) is 0.672. The monoisotopic (exact) mass is 396 g/mol. The van der Waals surface area contributed by atoms with Gasteiger partial charge in [0.1, 0.15) is 5.60 Å². The summed E-state index contributed by atoms with van der Waals surface area (Å²) in [5.74, 6) is 1.66. The zero-order chi connectivity index (χ0) is 16.8. The minimum atomic E-state index is -0.384. The van der Waals surface area contributed by atoms with Crippen LogP contribution in [-0.2, 0) is 4.74 Å². The lowest BCUT2D eigenvalue weighted by Gasteiger charge is -2.40. The van der Waals surface area contributed by atoms with Crippen molar-refractivity contribution < 1.29 is 9.53 Å². The van der Waals surface area contributed by atoms with E-state index in [0.29, 0.717) is 12.0 Å². The van der Waals surface area contributed by atoms with E-state index in [1.807, 2.05) is 25.7 Å². The molecule has 148 valence electrons. The molecule has 0 aliphatic carbocycles. The molecule has 4 aliphatic rings. The Morgan fingerprint density at radius 1 is 0.920 bits per heavy atom. The van der Waals surface area contributed by atoms with Crippen LogP contribution in [0.25, 0.3) is 0 Å². The van der Waals surface area contributed by atoms with Gasteiger partial charge in [0.15, 0.2) is 0 Å². The van der Waals surface area contributed by atoms with Crippen LogP contribution in [0.2, 0.25) is 0 Å². The molecule has 0 bridgehead atoms. The number of rotatable bonds is 0. The van der Waals surface area contributed by atoms with E-state index in [4.69, 9.17) is 4.74 Å². The maximum atomic E-state index is 11.8. The van der Waals surface area contributed by atoms with E-state index >= 15 is 0 Å². The van der Waals surface area contributed by atoms with Crippen LogP contribution in [0, 0.1) is 11.8 Å². The van der Waals surface area contributed by atoms with Gasteiger partial charge in [0.05, 0.1) is 0 Å². The van der Waals surface area contributed by atoms with E-state index in [2.05, 4.69) is 29.2 Å². The molecule has 0 aromatic rings. The Bertz CT molecular complexity index is 460. The number of amides is 1. The van der Waals surface area contributed by atoms with Crippen LogP contribution in [0.3, 0.4) is 0 Å². The fraction of sp³-hybridized carbons (Fsp3) is 0.941. The number of nitrogens with zero attached hydrogens (tertiary/aromatic N) is 3. The first-order chi connectivity index (χ1) is 10.7. The van der Waals surface area contributed by atoms with Crippen molar-refractivity contribution in [3.63, 3.8) is 0 Å². The maximum Gasteiger partial charge on any atom is 0.410 e. The van der Waals surface area contributed by atoms with Crippen molar-refractivity contribution in [3.8, 4) is 0 Å². The van der Waals surface area contributed by atoms with Crippen molar-refractivity contribution in [2.45, 2.75) is 38.5 Å². The van der Waals surface area contributed by atoms with Crippen LogP contribution in [0.15, 0.2) is 0 Å². The van der Waals surface area contributed by atoms with E-state index < -0.39 is 0 Å². The van der Waals surface area contributed by atoms with E-state index in [1.165, 1.54) is 19.6 Å². The summed E-state index contributed by atoms with van der Waals surface area (Å²) in [5.41, 5.74) is -0.384. The van der Waals surface area contributed by atoms with Gasteiger partial charge in [-0.1, -0.05) is 0 Å². The van der Waals surface area contributed by atoms with Gasteiger partial charge in [0.2, 0.25) is 0 Å². The van der Waals surface area contributed by atoms with Crippen molar-refractivity contribution in [3.05, 3.63) is 0 Å². The van der Waals surface area contributed by atoms with Crippen LogP contribution in [-0.4, -0.2) is 91.8 Å². The number of hydrogen-bond donors (Lipinski definition) is 1. The van der Waals surface area contributed by atoms with E-state index in [-0.39, 0.29) is 36.5 Å². The summed E-state index contributed by atoms with van der Waals surface area (Å²) < 4.78 is 5.35. The SMILES string of the molecule is CN1CC2CN(C(=O)OC(C)(C)C)CC21.CN1CC2CNCC21.Cl.Cl. The molecule has 0 aromatic heterocycles. The first kappa shape index (κ1) is 22.8. The number of carbonyl (C=O) groups is 1. The topological polar surface area (TPSA) is 48.1 Å². The molecule has 4 saturated heterocycles. The third-order valence-corrected chi connectivity index (χ3v) is 5.54. The first-order valence-corrected chi connectivity index (χ1v) is 8.83. The Morgan fingerprint density at radius 2 is 1.52 bits per heavy atom. The molecule has 1 N–H and O–H groups in total. The van der Waals surface area contributed by atoms with Gasteiger partial charge in [-0.05, 0) is 34.9 Å². The predicted molar refractivity (Wildman–Crippen MR) is 105 cm³/mol. The van der Waals surface area contributed by atoms with Gasteiger partial charge in [-0.15, -0.1) is 24.8 Å². The van der Waals surface area contributed by atoms with Gasteiger partial charge < -0.3 is 24.8 Å². The lowest BCUT2D eigenvalue weighted by molar-refractivity contribution is 0.0289. The molecular weight excluding hydrogens is 363 g/mol. The summed E-state index contributed by atoms with van der Waals surface area (Å²) in [6.07, 6.45) is -0.162. The van der Waals surface area contributed by atoms with Crippen LogP contribution in [0.1, 0.15) is 20.8 Å². The fourth-order valence-corrected chi connectivity index (χ4v) is 4.16. The Hall–Kier alpha value is -0.270. The van der Waals surface area contributed by atoms with Crippen LogP contribution in [0.5, 0.6) is 0 Å². The Kier molecular flexibility index (Phi) is 7.84.